The number of benzene rings is 2. The molecule has 108 valence electrons. The van der Waals surface area contributed by atoms with Crippen LogP contribution in [0.15, 0.2) is 60.7 Å². The minimum atomic E-state index is -0.626. The van der Waals surface area contributed by atoms with Crippen LogP contribution in [0.1, 0.15) is 25.5 Å². The summed E-state index contributed by atoms with van der Waals surface area (Å²) in [5, 5.41) is 0. The second-order valence-corrected chi connectivity index (χ2v) is 5.39. The zero-order chi connectivity index (χ0) is 14.9. The van der Waals surface area contributed by atoms with E-state index >= 15 is 0 Å². The Morgan fingerprint density at radius 3 is 2.24 bits per heavy atom. The van der Waals surface area contributed by atoms with Crippen LogP contribution in [0.4, 0.5) is 5.69 Å². The standard InChI is InChI=1S/C18H19NO2/c1-3-21-17(20)18(2)16(14-10-6-4-7-11-14)19(18)15-12-8-5-9-13-15/h4-13,16H,3H2,1-2H3/t16-,18+,19?/m1/s1. The van der Waals surface area contributed by atoms with Crippen LogP contribution in [-0.2, 0) is 9.53 Å². The molecule has 0 bridgehead atoms. The van der Waals surface area contributed by atoms with Crippen LogP contribution >= 0.6 is 0 Å². The van der Waals surface area contributed by atoms with E-state index in [1.807, 2.05) is 62.4 Å². The molecule has 0 radical (unpaired) electrons. The fraction of sp³-hybridized carbons (Fsp3) is 0.278. The Morgan fingerprint density at radius 1 is 1.10 bits per heavy atom. The van der Waals surface area contributed by atoms with Gasteiger partial charge in [0.2, 0.25) is 0 Å². The summed E-state index contributed by atoms with van der Waals surface area (Å²) in [4.78, 5) is 14.6. The molecule has 2 atom stereocenters. The van der Waals surface area contributed by atoms with Crippen molar-refractivity contribution in [3.63, 3.8) is 0 Å². The summed E-state index contributed by atoms with van der Waals surface area (Å²) < 4.78 is 5.29. The van der Waals surface area contributed by atoms with E-state index in [9.17, 15) is 4.79 Å². The van der Waals surface area contributed by atoms with Crippen molar-refractivity contribution in [1.82, 2.24) is 0 Å². The molecule has 0 saturated carbocycles. The van der Waals surface area contributed by atoms with Crippen molar-refractivity contribution in [2.45, 2.75) is 25.4 Å². The van der Waals surface area contributed by atoms with E-state index in [4.69, 9.17) is 4.74 Å². The SMILES string of the molecule is CCOC(=O)[C@]1(C)[C@@H](c2ccccc2)N1c1ccccc1. The van der Waals surface area contributed by atoms with E-state index < -0.39 is 5.54 Å². The number of esters is 1. The molecule has 3 rings (SSSR count). The molecular weight excluding hydrogens is 262 g/mol. The Balaban J connectivity index is 1.99. The van der Waals surface area contributed by atoms with Gasteiger partial charge in [-0.15, -0.1) is 0 Å². The minimum absolute atomic E-state index is 0.0279. The van der Waals surface area contributed by atoms with E-state index in [1.165, 1.54) is 0 Å². The maximum Gasteiger partial charge on any atom is 0.334 e. The lowest BCUT2D eigenvalue weighted by atomic mass is 10.0. The number of para-hydroxylation sites is 1. The Labute approximate surface area is 125 Å². The van der Waals surface area contributed by atoms with Crippen molar-refractivity contribution in [3.8, 4) is 0 Å². The number of anilines is 1. The molecule has 0 spiro atoms. The van der Waals surface area contributed by atoms with Gasteiger partial charge in [0.15, 0.2) is 5.54 Å². The maximum absolute atomic E-state index is 12.4. The van der Waals surface area contributed by atoms with Gasteiger partial charge in [-0.25, -0.2) is 4.79 Å². The van der Waals surface area contributed by atoms with Crippen LogP contribution in [0, 0.1) is 0 Å². The highest BCUT2D eigenvalue weighted by Crippen LogP contribution is 2.56. The van der Waals surface area contributed by atoms with E-state index in [0.29, 0.717) is 6.61 Å². The molecule has 1 aliphatic heterocycles. The summed E-state index contributed by atoms with van der Waals surface area (Å²) in [5.74, 6) is -0.164. The van der Waals surface area contributed by atoms with Crippen molar-refractivity contribution in [3.05, 3.63) is 66.2 Å². The van der Waals surface area contributed by atoms with E-state index in [0.717, 1.165) is 11.3 Å². The first kappa shape index (κ1) is 13.7. The zero-order valence-corrected chi connectivity index (χ0v) is 12.3. The van der Waals surface area contributed by atoms with Gasteiger partial charge in [-0.05, 0) is 31.5 Å². The predicted octanol–water partition coefficient (Wildman–Crippen LogP) is 3.57. The van der Waals surface area contributed by atoms with Crippen LogP contribution in [0.25, 0.3) is 0 Å². The third-order valence-corrected chi connectivity index (χ3v) is 4.06. The van der Waals surface area contributed by atoms with Crippen LogP contribution in [0.5, 0.6) is 0 Å². The normalized spacial score (nSPS) is 23.7. The average molecular weight is 281 g/mol. The summed E-state index contributed by atoms with van der Waals surface area (Å²) in [7, 11) is 0. The van der Waals surface area contributed by atoms with E-state index in [2.05, 4.69) is 17.0 Å². The lowest BCUT2D eigenvalue weighted by molar-refractivity contribution is -0.145. The number of rotatable bonds is 4. The zero-order valence-electron chi connectivity index (χ0n) is 12.3. The Morgan fingerprint density at radius 2 is 1.67 bits per heavy atom. The van der Waals surface area contributed by atoms with Gasteiger partial charge >= 0.3 is 5.97 Å². The summed E-state index contributed by atoms with van der Waals surface area (Å²) >= 11 is 0. The molecule has 3 nitrogen and oxygen atoms in total. The molecule has 1 heterocycles. The first-order valence-electron chi connectivity index (χ1n) is 7.26. The molecule has 2 aromatic rings. The van der Waals surface area contributed by atoms with Gasteiger partial charge in [-0.3, -0.25) is 0 Å². The maximum atomic E-state index is 12.4. The molecule has 0 aromatic heterocycles. The molecule has 21 heavy (non-hydrogen) atoms. The van der Waals surface area contributed by atoms with Gasteiger partial charge in [0.05, 0.1) is 12.6 Å². The molecule has 1 fully saturated rings. The molecule has 2 aromatic carbocycles. The monoisotopic (exact) mass is 281 g/mol. The first-order valence-corrected chi connectivity index (χ1v) is 7.26. The summed E-state index contributed by atoms with van der Waals surface area (Å²) in [5.41, 5.74) is 1.55. The van der Waals surface area contributed by atoms with Crippen molar-refractivity contribution in [2.24, 2.45) is 0 Å². The number of carbonyl (C=O) groups is 1. The highest BCUT2D eigenvalue weighted by atomic mass is 16.5. The lowest BCUT2D eigenvalue weighted by Gasteiger charge is -2.11. The van der Waals surface area contributed by atoms with Gasteiger partial charge in [0, 0.05) is 5.69 Å². The lowest BCUT2D eigenvalue weighted by Crippen LogP contribution is -2.28. The molecule has 0 unspecified atom stereocenters. The van der Waals surface area contributed by atoms with Crippen LogP contribution in [-0.4, -0.2) is 18.1 Å². The number of nitrogens with zero attached hydrogens (tertiary/aromatic N) is 1. The Hall–Kier alpha value is -2.29. The van der Waals surface area contributed by atoms with Crippen LogP contribution < -0.4 is 4.90 Å². The van der Waals surface area contributed by atoms with Crippen molar-refractivity contribution in [2.75, 3.05) is 11.5 Å². The van der Waals surface area contributed by atoms with E-state index in [-0.39, 0.29) is 12.0 Å². The molecule has 0 N–H and O–H groups in total. The molecular formula is C18H19NO2. The van der Waals surface area contributed by atoms with Crippen LogP contribution in [0.3, 0.4) is 0 Å². The first-order chi connectivity index (χ1) is 10.2. The summed E-state index contributed by atoms with van der Waals surface area (Å²) in [6.45, 7) is 4.20. The van der Waals surface area contributed by atoms with Crippen molar-refractivity contribution in [1.29, 1.82) is 0 Å². The number of hydrogen-bond acceptors (Lipinski definition) is 3. The highest BCUT2D eigenvalue weighted by Gasteiger charge is 2.66. The van der Waals surface area contributed by atoms with E-state index in [1.54, 1.807) is 0 Å². The van der Waals surface area contributed by atoms with Gasteiger partial charge in [-0.2, -0.15) is 0 Å². The Kier molecular flexibility index (Phi) is 3.42. The molecule has 1 saturated heterocycles. The van der Waals surface area contributed by atoms with Gasteiger partial charge in [-0.1, -0.05) is 48.5 Å². The number of carbonyl (C=O) groups excluding carboxylic acids is 1. The Bertz CT molecular complexity index is 579. The third-order valence-electron chi connectivity index (χ3n) is 4.06. The molecule has 0 amide bonds. The van der Waals surface area contributed by atoms with Crippen molar-refractivity contribution >= 4 is 11.7 Å². The summed E-state index contributed by atoms with van der Waals surface area (Å²) in [6.07, 6.45) is 0. The van der Waals surface area contributed by atoms with Crippen molar-refractivity contribution < 1.29 is 9.53 Å². The average Bonchev–Trinajstić information content (AvgIpc) is 3.17. The molecule has 0 aliphatic carbocycles. The summed E-state index contributed by atoms with van der Waals surface area (Å²) in [6, 6.07) is 20.1. The van der Waals surface area contributed by atoms with Gasteiger partial charge in [0.1, 0.15) is 0 Å². The number of hydrogen-bond donors (Lipinski definition) is 0. The van der Waals surface area contributed by atoms with Gasteiger partial charge < -0.3 is 9.64 Å². The largest absolute Gasteiger partial charge is 0.464 e. The molecule has 3 heteroatoms. The number of ether oxygens (including phenoxy) is 1. The predicted molar refractivity (Wildman–Crippen MR) is 83.1 cm³/mol. The minimum Gasteiger partial charge on any atom is -0.464 e. The second-order valence-electron chi connectivity index (χ2n) is 5.39. The fourth-order valence-electron chi connectivity index (χ4n) is 2.99. The fourth-order valence-corrected chi connectivity index (χ4v) is 2.99. The topological polar surface area (TPSA) is 29.3 Å². The second kappa shape index (κ2) is 5.24. The quantitative estimate of drug-likeness (QED) is 0.634. The highest BCUT2D eigenvalue weighted by molar-refractivity contribution is 5.94. The molecule has 1 aliphatic rings. The van der Waals surface area contributed by atoms with Gasteiger partial charge in [0.25, 0.3) is 0 Å². The van der Waals surface area contributed by atoms with Crippen LogP contribution in [0.2, 0.25) is 0 Å². The smallest absolute Gasteiger partial charge is 0.334 e. The third kappa shape index (κ3) is 2.19.